The summed E-state index contributed by atoms with van der Waals surface area (Å²) < 4.78 is 27.8. The maximum absolute atomic E-state index is 12.7. The Morgan fingerprint density at radius 2 is 1.44 bits per heavy atom. The number of rotatable bonds is 6. The predicted molar refractivity (Wildman–Crippen MR) is 127 cm³/mol. The van der Waals surface area contributed by atoms with Crippen LogP contribution in [-0.2, 0) is 14.8 Å². The second-order valence-corrected chi connectivity index (χ2v) is 9.72. The SMILES string of the molecule is O=C(Nc1ccc2ccccc2c1)[C@@H]1CC1c1ccc(S(=O)(=O)Nc2ccccc2)cc1. The zero-order chi connectivity index (χ0) is 22.1. The van der Waals surface area contributed by atoms with Crippen LogP contribution < -0.4 is 10.0 Å². The second-order valence-electron chi connectivity index (χ2n) is 8.04. The first-order valence-electron chi connectivity index (χ1n) is 10.5. The number of anilines is 2. The molecule has 32 heavy (non-hydrogen) atoms. The minimum absolute atomic E-state index is 0.00674. The first-order valence-corrected chi connectivity index (χ1v) is 12.0. The molecule has 0 radical (unpaired) electrons. The summed E-state index contributed by atoms with van der Waals surface area (Å²) in [5.74, 6) is -0.00612. The van der Waals surface area contributed by atoms with Crippen molar-refractivity contribution < 1.29 is 13.2 Å². The van der Waals surface area contributed by atoms with Gasteiger partial charge in [-0.3, -0.25) is 9.52 Å². The van der Waals surface area contributed by atoms with Gasteiger partial charge in [-0.15, -0.1) is 0 Å². The molecule has 1 amide bonds. The number of nitrogens with one attached hydrogen (secondary N) is 2. The number of amides is 1. The lowest BCUT2D eigenvalue weighted by Gasteiger charge is -2.09. The molecule has 4 aromatic rings. The van der Waals surface area contributed by atoms with Gasteiger partial charge < -0.3 is 5.32 Å². The summed E-state index contributed by atoms with van der Waals surface area (Å²) in [4.78, 5) is 12.9. The van der Waals surface area contributed by atoms with E-state index in [4.69, 9.17) is 0 Å². The fourth-order valence-corrected chi connectivity index (χ4v) is 5.03. The van der Waals surface area contributed by atoms with Crippen molar-refractivity contribution in [3.8, 4) is 0 Å². The lowest BCUT2D eigenvalue weighted by atomic mass is 10.1. The molecule has 1 unspecified atom stereocenters. The van der Waals surface area contributed by atoms with Crippen molar-refractivity contribution in [2.24, 2.45) is 5.92 Å². The molecular formula is C26H22N2O3S. The van der Waals surface area contributed by atoms with Crippen LogP contribution in [0, 0.1) is 5.92 Å². The highest BCUT2D eigenvalue weighted by molar-refractivity contribution is 7.92. The van der Waals surface area contributed by atoms with E-state index in [-0.39, 0.29) is 22.6 Å². The van der Waals surface area contributed by atoms with Crippen molar-refractivity contribution in [2.45, 2.75) is 17.2 Å². The van der Waals surface area contributed by atoms with Gasteiger partial charge in [0.05, 0.1) is 4.90 Å². The van der Waals surface area contributed by atoms with Crippen LogP contribution in [-0.4, -0.2) is 14.3 Å². The Hall–Kier alpha value is -3.64. The van der Waals surface area contributed by atoms with Crippen molar-refractivity contribution in [1.82, 2.24) is 0 Å². The second kappa shape index (κ2) is 8.13. The van der Waals surface area contributed by atoms with Gasteiger partial charge >= 0.3 is 0 Å². The number of hydrogen-bond acceptors (Lipinski definition) is 3. The topological polar surface area (TPSA) is 75.3 Å². The molecule has 1 aliphatic rings. The third-order valence-electron chi connectivity index (χ3n) is 5.79. The van der Waals surface area contributed by atoms with Crippen molar-refractivity contribution in [3.63, 3.8) is 0 Å². The highest BCUT2D eigenvalue weighted by Gasteiger charge is 2.44. The van der Waals surface area contributed by atoms with Gasteiger partial charge in [0.25, 0.3) is 10.0 Å². The molecule has 5 nitrogen and oxygen atoms in total. The molecule has 2 N–H and O–H groups in total. The highest BCUT2D eigenvalue weighted by atomic mass is 32.2. The van der Waals surface area contributed by atoms with E-state index in [0.29, 0.717) is 5.69 Å². The van der Waals surface area contributed by atoms with E-state index in [1.54, 1.807) is 48.5 Å². The summed E-state index contributed by atoms with van der Waals surface area (Å²) in [6, 6.07) is 29.5. The van der Waals surface area contributed by atoms with Gasteiger partial charge in [0.1, 0.15) is 0 Å². The number of benzene rings is 4. The predicted octanol–water partition coefficient (Wildman–Crippen LogP) is 5.38. The quantitative estimate of drug-likeness (QED) is 0.421. The lowest BCUT2D eigenvalue weighted by molar-refractivity contribution is -0.117. The molecule has 1 aliphatic carbocycles. The van der Waals surface area contributed by atoms with Crippen LogP contribution >= 0.6 is 0 Å². The third kappa shape index (κ3) is 4.22. The Morgan fingerprint density at radius 1 is 0.750 bits per heavy atom. The molecule has 160 valence electrons. The molecule has 6 heteroatoms. The van der Waals surface area contributed by atoms with Gasteiger partial charge in [-0.05, 0) is 65.1 Å². The summed E-state index contributed by atoms with van der Waals surface area (Å²) in [5, 5.41) is 5.23. The number of fused-ring (bicyclic) bond motifs is 1. The highest BCUT2D eigenvalue weighted by Crippen LogP contribution is 2.48. The Labute approximate surface area is 187 Å². The van der Waals surface area contributed by atoms with Gasteiger partial charge in [-0.1, -0.05) is 60.7 Å². The maximum atomic E-state index is 12.7. The Bertz CT molecular complexity index is 1380. The van der Waals surface area contributed by atoms with Crippen LogP contribution in [0.1, 0.15) is 17.9 Å². The molecule has 4 aromatic carbocycles. The molecule has 0 aromatic heterocycles. The average molecular weight is 443 g/mol. The maximum Gasteiger partial charge on any atom is 0.261 e. The zero-order valence-corrected chi connectivity index (χ0v) is 18.0. The summed E-state index contributed by atoms with van der Waals surface area (Å²) >= 11 is 0. The Balaban J connectivity index is 1.24. The summed E-state index contributed by atoms with van der Waals surface area (Å²) in [6.07, 6.45) is 0.758. The normalized spacial score (nSPS) is 17.6. The van der Waals surface area contributed by atoms with Crippen molar-refractivity contribution >= 4 is 38.1 Å². The summed E-state index contributed by atoms with van der Waals surface area (Å²) in [7, 11) is -3.65. The van der Waals surface area contributed by atoms with Crippen LogP contribution in [0.3, 0.4) is 0 Å². The molecule has 1 fully saturated rings. The Kier molecular flexibility index (Phi) is 5.15. The molecule has 0 heterocycles. The van der Waals surface area contributed by atoms with Gasteiger partial charge in [0, 0.05) is 17.3 Å². The molecule has 0 saturated heterocycles. The van der Waals surface area contributed by atoms with Crippen molar-refractivity contribution in [1.29, 1.82) is 0 Å². The van der Waals surface area contributed by atoms with E-state index >= 15 is 0 Å². The minimum Gasteiger partial charge on any atom is -0.326 e. The molecule has 0 bridgehead atoms. The van der Waals surface area contributed by atoms with Crippen LogP contribution in [0.5, 0.6) is 0 Å². The van der Waals surface area contributed by atoms with E-state index < -0.39 is 10.0 Å². The lowest BCUT2D eigenvalue weighted by Crippen LogP contribution is -2.14. The largest absolute Gasteiger partial charge is 0.326 e. The first kappa shape index (κ1) is 20.3. The number of hydrogen-bond donors (Lipinski definition) is 2. The smallest absolute Gasteiger partial charge is 0.261 e. The third-order valence-corrected chi connectivity index (χ3v) is 7.19. The number of para-hydroxylation sites is 1. The fourth-order valence-electron chi connectivity index (χ4n) is 3.97. The van der Waals surface area contributed by atoms with Crippen LogP contribution in [0.15, 0.2) is 102 Å². The molecule has 5 rings (SSSR count). The Morgan fingerprint density at radius 3 is 2.19 bits per heavy atom. The standard InChI is InChI=1S/C26H22N2O3S/c29-26(27-22-13-10-18-6-4-5-7-20(18)16-22)25-17-24(25)19-11-14-23(15-12-19)32(30,31)28-21-8-2-1-3-9-21/h1-16,24-25,28H,17H2,(H,27,29)/t24?,25-/m1/s1. The number of sulfonamides is 1. The van der Waals surface area contributed by atoms with E-state index in [2.05, 4.69) is 10.0 Å². The summed E-state index contributed by atoms with van der Waals surface area (Å²) in [5.41, 5.74) is 2.28. The average Bonchev–Trinajstić information content (AvgIpc) is 3.61. The minimum atomic E-state index is -3.65. The van der Waals surface area contributed by atoms with Gasteiger partial charge in [-0.25, -0.2) is 8.42 Å². The number of carbonyl (C=O) groups excluding carboxylic acids is 1. The molecular weight excluding hydrogens is 420 g/mol. The van der Waals surface area contributed by atoms with Gasteiger partial charge in [0.2, 0.25) is 5.91 Å². The molecule has 1 saturated carbocycles. The van der Waals surface area contributed by atoms with Gasteiger partial charge in [-0.2, -0.15) is 0 Å². The molecule has 0 aliphatic heterocycles. The van der Waals surface area contributed by atoms with E-state index in [1.165, 1.54) is 0 Å². The molecule has 2 atom stereocenters. The molecule has 0 spiro atoms. The van der Waals surface area contributed by atoms with E-state index in [1.807, 2.05) is 48.5 Å². The first-order chi connectivity index (χ1) is 15.5. The van der Waals surface area contributed by atoms with Crippen molar-refractivity contribution in [3.05, 3.63) is 103 Å². The zero-order valence-electron chi connectivity index (χ0n) is 17.2. The van der Waals surface area contributed by atoms with Gasteiger partial charge in [0.15, 0.2) is 0 Å². The number of carbonyl (C=O) groups is 1. The van der Waals surface area contributed by atoms with Crippen LogP contribution in [0.2, 0.25) is 0 Å². The van der Waals surface area contributed by atoms with E-state index in [9.17, 15) is 13.2 Å². The van der Waals surface area contributed by atoms with Crippen LogP contribution in [0.25, 0.3) is 10.8 Å². The monoisotopic (exact) mass is 442 g/mol. The van der Waals surface area contributed by atoms with E-state index in [0.717, 1.165) is 28.4 Å². The van der Waals surface area contributed by atoms with Crippen LogP contribution in [0.4, 0.5) is 11.4 Å². The fraction of sp³-hybridized carbons (Fsp3) is 0.115. The van der Waals surface area contributed by atoms with Crippen molar-refractivity contribution in [2.75, 3.05) is 10.0 Å². The summed E-state index contributed by atoms with van der Waals surface area (Å²) in [6.45, 7) is 0.